The Labute approximate surface area is 103 Å². The Bertz CT molecular complexity index is 333. The lowest BCUT2D eigenvalue weighted by molar-refractivity contribution is 0.494. The maximum Gasteiger partial charge on any atom is 0.130 e. The van der Waals surface area contributed by atoms with E-state index in [9.17, 15) is 0 Å². The summed E-state index contributed by atoms with van der Waals surface area (Å²) in [5.41, 5.74) is 2.23. The van der Waals surface area contributed by atoms with E-state index in [1.807, 2.05) is 14.0 Å². The van der Waals surface area contributed by atoms with Crippen LogP contribution in [0.25, 0.3) is 0 Å². The van der Waals surface area contributed by atoms with Gasteiger partial charge < -0.3 is 5.32 Å². The summed E-state index contributed by atoms with van der Waals surface area (Å²) in [6.07, 6.45) is 3.25. The number of halogens is 1. The van der Waals surface area contributed by atoms with Crippen LogP contribution in [0.5, 0.6) is 0 Å². The highest BCUT2D eigenvalue weighted by Crippen LogP contribution is 2.20. The summed E-state index contributed by atoms with van der Waals surface area (Å²) in [4.78, 5) is 0. The van der Waals surface area contributed by atoms with Gasteiger partial charge in [0.2, 0.25) is 0 Å². The average Bonchev–Trinajstić information content (AvgIpc) is 2.50. The zero-order valence-corrected chi connectivity index (χ0v) is 11.4. The molecule has 0 bridgehead atoms. The number of aryl methyl sites for hydroxylation is 2. The van der Waals surface area contributed by atoms with Crippen LogP contribution in [0.1, 0.15) is 37.9 Å². The van der Waals surface area contributed by atoms with Crippen LogP contribution in [0.3, 0.4) is 0 Å². The molecule has 0 aliphatic heterocycles. The summed E-state index contributed by atoms with van der Waals surface area (Å²) in [7, 11) is 1.89. The molecular weight excluding hydrogens is 222 g/mol. The third-order valence-corrected chi connectivity index (χ3v) is 3.37. The van der Waals surface area contributed by atoms with E-state index in [1.54, 1.807) is 4.68 Å². The van der Waals surface area contributed by atoms with Gasteiger partial charge in [0.25, 0.3) is 0 Å². The molecule has 1 atom stereocenters. The molecule has 1 aromatic rings. The molecule has 0 saturated heterocycles. The van der Waals surface area contributed by atoms with Crippen LogP contribution in [0.15, 0.2) is 0 Å². The van der Waals surface area contributed by atoms with Crippen molar-refractivity contribution in [2.75, 3.05) is 6.54 Å². The number of nitrogens with zero attached hydrogens (tertiary/aromatic N) is 2. The molecule has 1 rings (SSSR count). The predicted molar refractivity (Wildman–Crippen MR) is 69.0 cm³/mol. The molecule has 0 aliphatic carbocycles. The molecule has 0 aromatic carbocycles. The maximum absolute atomic E-state index is 6.22. The molecule has 0 radical (unpaired) electrons. The van der Waals surface area contributed by atoms with E-state index in [2.05, 4.69) is 24.3 Å². The summed E-state index contributed by atoms with van der Waals surface area (Å²) >= 11 is 6.22. The summed E-state index contributed by atoms with van der Waals surface area (Å²) < 4.78 is 1.75. The Hall–Kier alpha value is -0.540. The van der Waals surface area contributed by atoms with Crippen molar-refractivity contribution >= 4 is 11.6 Å². The van der Waals surface area contributed by atoms with Gasteiger partial charge in [-0.15, -0.1) is 0 Å². The van der Waals surface area contributed by atoms with Crippen molar-refractivity contribution in [3.8, 4) is 0 Å². The van der Waals surface area contributed by atoms with Gasteiger partial charge in [-0.25, -0.2) is 0 Å². The van der Waals surface area contributed by atoms with E-state index in [1.165, 1.54) is 5.56 Å². The van der Waals surface area contributed by atoms with E-state index in [-0.39, 0.29) is 0 Å². The minimum absolute atomic E-state index is 0.500. The molecule has 0 fully saturated rings. The quantitative estimate of drug-likeness (QED) is 0.833. The van der Waals surface area contributed by atoms with Crippen molar-refractivity contribution in [3.63, 3.8) is 0 Å². The van der Waals surface area contributed by atoms with Crippen LogP contribution in [0.2, 0.25) is 5.15 Å². The molecule has 1 heterocycles. The van der Waals surface area contributed by atoms with Crippen LogP contribution in [0, 0.1) is 6.92 Å². The normalized spacial score (nSPS) is 13.1. The largest absolute Gasteiger partial charge is 0.314 e. The van der Waals surface area contributed by atoms with Crippen molar-refractivity contribution in [1.29, 1.82) is 0 Å². The van der Waals surface area contributed by atoms with Crippen LogP contribution >= 0.6 is 11.6 Å². The summed E-state index contributed by atoms with van der Waals surface area (Å²) in [6.45, 7) is 7.47. The highest BCUT2D eigenvalue weighted by molar-refractivity contribution is 6.30. The molecule has 0 amide bonds. The third kappa shape index (κ3) is 3.22. The first-order chi connectivity index (χ1) is 7.60. The standard InChI is InChI=1S/C12H22ClN3/c1-5-7-14-10(6-2)8-11-9(3)15-16(4)12(11)13/h10,14H,5-8H2,1-4H3. The second kappa shape index (κ2) is 6.26. The molecular formula is C12H22ClN3. The van der Waals surface area contributed by atoms with E-state index in [0.29, 0.717) is 6.04 Å². The van der Waals surface area contributed by atoms with Crippen LogP contribution < -0.4 is 5.32 Å². The zero-order chi connectivity index (χ0) is 12.1. The SMILES string of the molecule is CCCNC(CC)Cc1c(C)nn(C)c1Cl. The van der Waals surface area contributed by atoms with Crippen LogP contribution in [-0.4, -0.2) is 22.4 Å². The zero-order valence-electron chi connectivity index (χ0n) is 10.7. The van der Waals surface area contributed by atoms with Gasteiger partial charge in [0.15, 0.2) is 0 Å². The van der Waals surface area contributed by atoms with E-state index in [4.69, 9.17) is 11.6 Å². The Morgan fingerprint density at radius 2 is 2.12 bits per heavy atom. The van der Waals surface area contributed by atoms with Gasteiger partial charge in [0.05, 0.1) is 5.69 Å². The highest BCUT2D eigenvalue weighted by atomic mass is 35.5. The first-order valence-electron chi connectivity index (χ1n) is 6.01. The van der Waals surface area contributed by atoms with Gasteiger partial charge in [-0.2, -0.15) is 5.10 Å². The first-order valence-corrected chi connectivity index (χ1v) is 6.39. The first kappa shape index (κ1) is 13.5. The molecule has 3 nitrogen and oxygen atoms in total. The number of aromatic nitrogens is 2. The molecule has 0 aliphatic rings. The van der Waals surface area contributed by atoms with Crippen molar-refractivity contribution < 1.29 is 0 Å². The van der Waals surface area contributed by atoms with Crippen molar-refractivity contribution in [2.24, 2.45) is 7.05 Å². The second-order valence-corrected chi connectivity index (χ2v) is 4.60. The Morgan fingerprint density at radius 3 is 2.56 bits per heavy atom. The summed E-state index contributed by atoms with van der Waals surface area (Å²) in [5.74, 6) is 0. The lowest BCUT2D eigenvalue weighted by Gasteiger charge is -2.16. The van der Waals surface area contributed by atoms with Crippen LogP contribution in [0.4, 0.5) is 0 Å². The molecule has 1 unspecified atom stereocenters. The van der Waals surface area contributed by atoms with Crippen molar-refractivity contribution in [2.45, 2.75) is 46.1 Å². The van der Waals surface area contributed by atoms with Crippen molar-refractivity contribution in [3.05, 3.63) is 16.4 Å². The number of hydrogen-bond donors (Lipinski definition) is 1. The second-order valence-electron chi connectivity index (χ2n) is 4.24. The minimum Gasteiger partial charge on any atom is -0.314 e. The Balaban J connectivity index is 2.69. The molecule has 0 spiro atoms. The fourth-order valence-corrected chi connectivity index (χ4v) is 2.11. The molecule has 16 heavy (non-hydrogen) atoms. The topological polar surface area (TPSA) is 29.9 Å². The summed E-state index contributed by atoms with van der Waals surface area (Å²) in [5, 5.41) is 8.64. The molecule has 1 aromatic heterocycles. The summed E-state index contributed by atoms with van der Waals surface area (Å²) in [6, 6.07) is 0.500. The van der Waals surface area contributed by atoms with Gasteiger partial charge >= 0.3 is 0 Å². The number of rotatable bonds is 6. The van der Waals surface area contributed by atoms with E-state index < -0.39 is 0 Å². The molecule has 0 saturated carbocycles. The minimum atomic E-state index is 0.500. The lowest BCUT2D eigenvalue weighted by atomic mass is 10.0. The third-order valence-electron chi connectivity index (χ3n) is 2.90. The van der Waals surface area contributed by atoms with Gasteiger partial charge in [-0.1, -0.05) is 25.4 Å². The Morgan fingerprint density at radius 1 is 1.44 bits per heavy atom. The van der Waals surface area contributed by atoms with Gasteiger partial charge in [0, 0.05) is 18.7 Å². The van der Waals surface area contributed by atoms with Gasteiger partial charge in [0.1, 0.15) is 5.15 Å². The highest BCUT2D eigenvalue weighted by Gasteiger charge is 2.15. The fraction of sp³-hybridized carbons (Fsp3) is 0.750. The molecule has 1 N–H and O–H groups in total. The molecule has 92 valence electrons. The lowest BCUT2D eigenvalue weighted by Crippen LogP contribution is -2.31. The van der Waals surface area contributed by atoms with E-state index in [0.717, 1.165) is 36.7 Å². The maximum atomic E-state index is 6.22. The monoisotopic (exact) mass is 243 g/mol. The number of hydrogen-bond acceptors (Lipinski definition) is 2. The predicted octanol–water partition coefficient (Wildman–Crippen LogP) is 2.70. The molecule has 4 heteroatoms. The number of nitrogens with one attached hydrogen (secondary N) is 1. The average molecular weight is 244 g/mol. The van der Waals surface area contributed by atoms with Crippen LogP contribution in [-0.2, 0) is 13.5 Å². The fourth-order valence-electron chi connectivity index (χ4n) is 1.86. The van der Waals surface area contributed by atoms with Gasteiger partial charge in [-0.3, -0.25) is 4.68 Å². The van der Waals surface area contributed by atoms with E-state index >= 15 is 0 Å². The van der Waals surface area contributed by atoms with Gasteiger partial charge in [-0.05, 0) is 32.7 Å². The smallest absolute Gasteiger partial charge is 0.130 e. The van der Waals surface area contributed by atoms with Crippen molar-refractivity contribution in [1.82, 2.24) is 15.1 Å². The Kier molecular flexibility index (Phi) is 5.29.